The molecule has 0 spiro atoms. The predicted molar refractivity (Wildman–Crippen MR) is 93.2 cm³/mol. The van der Waals surface area contributed by atoms with Crippen LogP contribution in [-0.4, -0.2) is 24.1 Å². The number of nitrogens with zero attached hydrogens (tertiary/aromatic N) is 1. The molecule has 124 valence electrons. The van der Waals surface area contributed by atoms with E-state index in [-0.39, 0.29) is 19.1 Å². The Morgan fingerprint density at radius 2 is 1.92 bits per heavy atom. The molecule has 1 heterocycles. The van der Waals surface area contributed by atoms with E-state index >= 15 is 0 Å². The zero-order chi connectivity index (χ0) is 16.9. The molecule has 0 bridgehead atoms. The monoisotopic (exact) mass is 325 g/mol. The first-order valence-corrected chi connectivity index (χ1v) is 7.57. The molecule has 5 heteroatoms. The van der Waals surface area contributed by atoms with Gasteiger partial charge in [-0.15, -0.1) is 0 Å². The van der Waals surface area contributed by atoms with Crippen LogP contribution in [0.2, 0.25) is 0 Å². The van der Waals surface area contributed by atoms with Crippen LogP contribution in [0.1, 0.15) is 11.1 Å². The second-order valence-electron chi connectivity index (χ2n) is 5.40. The van der Waals surface area contributed by atoms with E-state index in [0.29, 0.717) is 5.56 Å². The minimum Gasteiger partial charge on any atom is -0.508 e. The number of aromatic hydroxyl groups is 1. The van der Waals surface area contributed by atoms with E-state index < -0.39 is 0 Å². The highest BCUT2D eigenvalue weighted by molar-refractivity contribution is 5.59. The van der Waals surface area contributed by atoms with Crippen molar-refractivity contribution in [1.29, 1.82) is 0 Å². The van der Waals surface area contributed by atoms with Gasteiger partial charge >= 0.3 is 0 Å². The van der Waals surface area contributed by atoms with Gasteiger partial charge < -0.3 is 24.6 Å². The fraction of sp³-hybridized carbons (Fsp3) is 0.158. The fourth-order valence-corrected chi connectivity index (χ4v) is 2.37. The Morgan fingerprint density at radius 3 is 2.75 bits per heavy atom. The Kier molecular flexibility index (Phi) is 4.72. The molecule has 5 nitrogen and oxygen atoms in total. The van der Waals surface area contributed by atoms with E-state index in [1.165, 1.54) is 0 Å². The van der Waals surface area contributed by atoms with E-state index in [1.807, 2.05) is 54.6 Å². The summed E-state index contributed by atoms with van der Waals surface area (Å²) in [5.74, 6) is 1.62. The van der Waals surface area contributed by atoms with Crippen molar-refractivity contribution in [2.45, 2.75) is 6.61 Å². The van der Waals surface area contributed by atoms with Crippen molar-refractivity contribution >= 4 is 11.8 Å². The number of aliphatic hydroxyl groups is 1. The summed E-state index contributed by atoms with van der Waals surface area (Å²) in [4.78, 5) is 1.97. The lowest BCUT2D eigenvalue weighted by molar-refractivity contribution is 0.174. The van der Waals surface area contributed by atoms with Gasteiger partial charge in [-0.05, 0) is 35.9 Å². The Morgan fingerprint density at radius 1 is 1.08 bits per heavy atom. The van der Waals surface area contributed by atoms with Crippen molar-refractivity contribution in [3.8, 4) is 17.2 Å². The van der Waals surface area contributed by atoms with Gasteiger partial charge in [0.25, 0.3) is 0 Å². The number of hydrogen-bond donors (Lipinski definition) is 2. The molecule has 1 aliphatic heterocycles. The highest BCUT2D eigenvalue weighted by Gasteiger charge is 2.13. The average molecular weight is 325 g/mol. The second-order valence-corrected chi connectivity index (χ2v) is 5.40. The lowest BCUT2D eigenvalue weighted by Gasteiger charge is -2.14. The van der Waals surface area contributed by atoms with Gasteiger partial charge in [-0.1, -0.05) is 18.2 Å². The summed E-state index contributed by atoms with van der Waals surface area (Å²) in [5, 5.41) is 18.7. The number of ether oxygens (including phenoxy) is 2. The number of anilines is 1. The standard InChI is InChI=1S/C19H19NO4/c1-20(16-6-8-18-19(11-16)24-13-23-18)9-3-2-4-14-5-7-17(22)15(10-14)12-21/h2-11,21-22H,12-13H2,1H3. The van der Waals surface area contributed by atoms with Crippen molar-refractivity contribution in [2.24, 2.45) is 0 Å². The lowest BCUT2D eigenvalue weighted by Crippen LogP contribution is -2.07. The van der Waals surface area contributed by atoms with Gasteiger partial charge in [-0.3, -0.25) is 0 Å². The highest BCUT2D eigenvalue weighted by atomic mass is 16.7. The van der Waals surface area contributed by atoms with Gasteiger partial charge in [-0.25, -0.2) is 0 Å². The first-order valence-electron chi connectivity index (χ1n) is 7.57. The number of allylic oxidation sites excluding steroid dienone is 2. The van der Waals surface area contributed by atoms with Crippen LogP contribution in [0.5, 0.6) is 17.2 Å². The van der Waals surface area contributed by atoms with E-state index in [2.05, 4.69) is 0 Å². The normalized spacial score (nSPS) is 13.1. The number of benzene rings is 2. The maximum atomic E-state index is 9.55. The minimum atomic E-state index is -0.184. The first kappa shape index (κ1) is 16.0. The maximum absolute atomic E-state index is 9.55. The van der Waals surface area contributed by atoms with Crippen molar-refractivity contribution < 1.29 is 19.7 Å². The zero-order valence-electron chi connectivity index (χ0n) is 13.3. The van der Waals surface area contributed by atoms with Crippen molar-refractivity contribution in [3.63, 3.8) is 0 Å². The van der Waals surface area contributed by atoms with Gasteiger partial charge in [0.15, 0.2) is 11.5 Å². The summed E-state index contributed by atoms with van der Waals surface area (Å²) >= 11 is 0. The summed E-state index contributed by atoms with van der Waals surface area (Å²) < 4.78 is 10.7. The van der Waals surface area contributed by atoms with Crippen LogP contribution in [0, 0.1) is 0 Å². The topological polar surface area (TPSA) is 62.2 Å². The smallest absolute Gasteiger partial charge is 0.231 e. The molecule has 0 atom stereocenters. The Balaban J connectivity index is 1.65. The van der Waals surface area contributed by atoms with Crippen LogP contribution in [-0.2, 0) is 6.61 Å². The molecule has 0 aliphatic carbocycles. The first-order chi connectivity index (χ1) is 11.7. The molecule has 0 fully saturated rings. The van der Waals surface area contributed by atoms with Crippen LogP contribution >= 0.6 is 0 Å². The highest BCUT2D eigenvalue weighted by Crippen LogP contribution is 2.35. The van der Waals surface area contributed by atoms with Crippen molar-refractivity contribution in [1.82, 2.24) is 0 Å². The summed E-state index contributed by atoms with van der Waals surface area (Å²) in [6.07, 6.45) is 7.65. The van der Waals surface area contributed by atoms with Crippen LogP contribution in [0.15, 0.2) is 54.8 Å². The Bertz CT molecular complexity index is 783. The molecule has 1 aliphatic rings. The van der Waals surface area contributed by atoms with Gasteiger partial charge in [0.05, 0.1) is 6.61 Å². The number of fused-ring (bicyclic) bond motifs is 1. The summed E-state index contributed by atoms with van der Waals surface area (Å²) in [7, 11) is 1.95. The molecular formula is C19H19NO4. The van der Waals surface area contributed by atoms with Gasteiger partial charge in [-0.2, -0.15) is 0 Å². The molecule has 2 aromatic rings. The molecule has 0 aromatic heterocycles. The van der Waals surface area contributed by atoms with E-state index in [9.17, 15) is 5.11 Å². The molecule has 0 radical (unpaired) electrons. The summed E-state index contributed by atoms with van der Waals surface area (Å²) in [6.45, 7) is 0.0831. The molecular weight excluding hydrogens is 306 g/mol. The second kappa shape index (κ2) is 7.10. The van der Waals surface area contributed by atoms with Crippen molar-refractivity contribution in [3.05, 3.63) is 65.9 Å². The Hall–Kier alpha value is -2.92. The van der Waals surface area contributed by atoms with Gasteiger partial charge in [0, 0.05) is 30.6 Å². The molecule has 2 N–H and O–H groups in total. The number of hydrogen-bond acceptors (Lipinski definition) is 5. The predicted octanol–water partition coefficient (Wildman–Crippen LogP) is 3.28. The van der Waals surface area contributed by atoms with E-state index in [1.54, 1.807) is 18.2 Å². The molecule has 24 heavy (non-hydrogen) atoms. The number of rotatable bonds is 5. The minimum absolute atomic E-state index is 0.104. The quantitative estimate of drug-likeness (QED) is 0.826. The van der Waals surface area contributed by atoms with Crippen molar-refractivity contribution in [2.75, 3.05) is 18.7 Å². The third kappa shape index (κ3) is 3.52. The van der Waals surface area contributed by atoms with Crippen LogP contribution < -0.4 is 14.4 Å². The molecule has 2 aromatic carbocycles. The molecule has 0 saturated carbocycles. The third-order valence-electron chi connectivity index (χ3n) is 3.75. The van der Waals surface area contributed by atoms with Crippen LogP contribution in [0.25, 0.3) is 6.08 Å². The molecule has 0 unspecified atom stereocenters. The number of aliphatic hydroxyl groups excluding tert-OH is 1. The van der Waals surface area contributed by atoms with E-state index in [4.69, 9.17) is 14.6 Å². The van der Waals surface area contributed by atoms with Gasteiger partial charge in [0.2, 0.25) is 6.79 Å². The lowest BCUT2D eigenvalue weighted by atomic mass is 10.1. The summed E-state index contributed by atoms with van der Waals surface area (Å²) in [5.41, 5.74) is 2.42. The molecule has 0 saturated heterocycles. The molecule has 0 amide bonds. The SMILES string of the molecule is CN(C=CC=Cc1ccc(O)c(CO)c1)c1ccc2c(c1)OCO2. The van der Waals surface area contributed by atoms with E-state index in [0.717, 1.165) is 22.7 Å². The Labute approximate surface area is 140 Å². The number of phenols is 1. The van der Waals surface area contributed by atoms with Crippen LogP contribution in [0.3, 0.4) is 0 Å². The largest absolute Gasteiger partial charge is 0.508 e. The summed E-state index contributed by atoms with van der Waals surface area (Å²) in [6, 6.07) is 10.9. The third-order valence-corrected chi connectivity index (χ3v) is 3.75. The zero-order valence-corrected chi connectivity index (χ0v) is 13.3. The van der Waals surface area contributed by atoms with Gasteiger partial charge in [0.1, 0.15) is 5.75 Å². The average Bonchev–Trinajstić information content (AvgIpc) is 3.07. The maximum Gasteiger partial charge on any atom is 0.231 e. The fourth-order valence-electron chi connectivity index (χ4n) is 2.37. The molecule has 3 rings (SSSR count). The van der Waals surface area contributed by atoms with Crippen LogP contribution in [0.4, 0.5) is 5.69 Å².